The zero-order chi connectivity index (χ0) is 8.74. The Bertz CT molecular complexity index is 214. The smallest absolute Gasteiger partial charge is 0.211 e. The highest BCUT2D eigenvalue weighted by Crippen LogP contribution is 2.13. The van der Waals surface area contributed by atoms with E-state index in [4.69, 9.17) is 0 Å². The summed E-state index contributed by atoms with van der Waals surface area (Å²) in [5.74, 6) is 0. The second kappa shape index (κ2) is 4.56. The fourth-order valence-corrected chi connectivity index (χ4v) is 0.539. The molecule has 0 aromatic heterocycles. The third-order valence-corrected chi connectivity index (χ3v) is 1.56. The number of hydrogen-bond acceptors (Lipinski definition) is 4. The topological polar surface area (TPSA) is 58.9 Å². The molecule has 0 amide bonds. The summed E-state index contributed by atoms with van der Waals surface area (Å²) in [4.78, 5) is 26.5. The lowest BCUT2D eigenvalue weighted by Gasteiger charge is -2.16. The first kappa shape index (κ1) is 9.76. The molecule has 0 heterocycles. The average molecular weight is 154 g/mol. The molecule has 0 aliphatic rings. The van der Waals surface area contributed by atoms with Gasteiger partial charge in [0.1, 0.15) is 0 Å². The molecule has 11 heavy (non-hydrogen) atoms. The van der Waals surface area contributed by atoms with Gasteiger partial charge in [-0.2, -0.15) is 4.99 Å². The monoisotopic (exact) mass is 154 g/mol. The van der Waals surface area contributed by atoms with Gasteiger partial charge in [-0.05, 0) is 13.3 Å². The third kappa shape index (κ3) is 3.46. The Hall–Kier alpha value is -1.24. The maximum atomic E-state index is 9.91. The minimum Gasteiger partial charge on any atom is -0.211 e. The normalized spacial score (nSPS) is 14.0. The number of isocyanates is 2. The molecule has 0 rings (SSSR count). The molecule has 4 nitrogen and oxygen atoms in total. The minimum absolute atomic E-state index is 0.197. The zero-order valence-corrected chi connectivity index (χ0v) is 6.63. The first-order chi connectivity index (χ1) is 5.18. The molecule has 0 radical (unpaired) electrons. The Morgan fingerprint density at radius 1 is 1.36 bits per heavy atom. The second-order valence-electron chi connectivity index (χ2n) is 2.46. The highest BCUT2D eigenvalue weighted by Gasteiger charge is 2.19. The molecule has 0 spiro atoms. The van der Waals surface area contributed by atoms with E-state index in [2.05, 4.69) is 9.98 Å². The molecule has 60 valence electrons. The number of hydrogen-bond donors (Lipinski definition) is 0. The summed E-state index contributed by atoms with van der Waals surface area (Å²) < 4.78 is 0. The average Bonchev–Trinajstić information content (AvgIpc) is 2.02. The molecule has 0 N–H and O–H groups in total. The number of carbonyl (C=O) groups excluding carboxylic acids is 2. The van der Waals surface area contributed by atoms with Crippen molar-refractivity contribution in [3.8, 4) is 0 Å². The van der Waals surface area contributed by atoms with Crippen LogP contribution in [0, 0.1) is 0 Å². The Morgan fingerprint density at radius 2 is 2.00 bits per heavy atom. The minimum atomic E-state index is -0.584. The Morgan fingerprint density at radius 3 is 2.36 bits per heavy atom. The van der Waals surface area contributed by atoms with Gasteiger partial charge in [0, 0.05) is 0 Å². The van der Waals surface area contributed by atoms with Crippen LogP contribution >= 0.6 is 0 Å². The van der Waals surface area contributed by atoms with Gasteiger partial charge in [-0.1, -0.05) is 6.92 Å². The van der Waals surface area contributed by atoms with E-state index < -0.39 is 5.54 Å². The van der Waals surface area contributed by atoms with E-state index in [0.717, 1.165) is 0 Å². The van der Waals surface area contributed by atoms with Crippen molar-refractivity contribution in [1.29, 1.82) is 0 Å². The highest BCUT2D eigenvalue weighted by atomic mass is 16.1. The SMILES string of the molecule is CCC(C)(CN=C=O)N=C=O. The second-order valence-corrected chi connectivity index (χ2v) is 2.46. The van der Waals surface area contributed by atoms with Crippen molar-refractivity contribution >= 4 is 12.2 Å². The summed E-state index contributed by atoms with van der Waals surface area (Å²) in [5.41, 5.74) is -0.584. The number of aliphatic imine (C=N–C) groups is 2. The fourth-order valence-electron chi connectivity index (χ4n) is 0.539. The lowest BCUT2D eigenvalue weighted by atomic mass is 10.0. The van der Waals surface area contributed by atoms with Gasteiger partial charge in [-0.25, -0.2) is 14.6 Å². The van der Waals surface area contributed by atoms with Crippen LogP contribution in [0.1, 0.15) is 20.3 Å². The molecule has 0 aliphatic heterocycles. The van der Waals surface area contributed by atoms with Crippen LogP contribution in [0.15, 0.2) is 9.98 Å². The third-order valence-electron chi connectivity index (χ3n) is 1.56. The van der Waals surface area contributed by atoms with E-state index in [1.165, 1.54) is 12.2 Å². The predicted octanol–water partition coefficient (Wildman–Crippen LogP) is 0.827. The quantitative estimate of drug-likeness (QED) is 0.444. The molecule has 0 aromatic rings. The summed E-state index contributed by atoms with van der Waals surface area (Å²) >= 11 is 0. The van der Waals surface area contributed by atoms with Crippen LogP contribution in [0.4, 0.5) is 0 Å². The maximum Gasteiger partial charge on any atom is 0.235 e. The van der Waals surface area contributed by atoms with Crippen LogP contribution in [0.5, 0.6) is 0 Å². The van der Waals surface area contributed by atoms with E-state index in [-0.39, 0.29) is 6.54 Å². The largest absolute Gasteiger partial charge is 0.235 e. The van der Waals surface area contributed by atoms with Crippen LogP contribution in [0.25, 0.3) is 0 Å². The molecule has 0 bridgehead atoms. The molecule has 4 heteroatoms. The van der Waals surface area contributed by atoms with Crippen molar-refractivity contribution in [3.05, 3.63) is 0 Å². The molecule has 0 fully saturated rings. The Labute approximate surface area is 65.0 Å². The van der Waals surface area contributed by atoms with Crippen molar-refractivity contribution in [2.24, 2.45) is 9.98 Å². The number of rotatable bonds is 4. The van der Waals surface area contributed by atoms with Gasteiger partial charge in [-0.15, -0.1) is 0 Å². The van der Waals surface area contributed by atoms with Gasteiger partial charge in [0.25, 0.3) is 0 Å². The standard InChI is InChI=1S/C7H10N2O2/c1-3-7(2,9-6-11)4-8-5-10/h3-4H2,1-2H3. The first-order valence-corrected chi connectivity index (χ1v) is 3.31. The molecule has 0 saturated heterocycles. The first-order valence-electron chi connectivity index (χ1n) is 3.31. The van der Waals surface area contributed by atoms with Gasteiger partial charge in [0.15, 0.2) is 0 Å². The maximum absolute atomic E-state index is 9.91. The van der Waals surface area contributed by atoms with Crippen LogP contribution in [0.3, 0.4) is 0 Å². The highest BCUT2D eigenvalue weighted by molar-refractivity contribution is 5.36. The van der Waals surface area contributed by atoms with Gasteiger partial charge in [0.2, 0.25) is 12.2 Å². The molecule has 0 aromatic carbocycles. The summed E-state index contributed by atoms with van der Waals surface area (Å²) in [5, 5.41) is 0. The molecule has 1 atom stereocenters. The van der Waals surface area contributed by atoms with E-state index >= 15 is 0 Å². The van der Waals surface area contributed by atoms with Crippen molar-refractivity contribution < 1.29 is 9.59 Å². The van der Waals surface area contributed by atoms with Gasteiger partial charge < -0.3 is 0 Å². The van der Waals surface area contributed by atoms with Gasteiger partial charge >= 0.3 is 0 Å². The van der Waals surface area contributed by atoms with Crippen molar-refractivity contribution in [2.45, 2.75) is 25.8 Å². The summed E-state index contributed by atoms with van der Waals surface area (Å²) in [6.07, 6.45) is 3.50. The molecular formula is C7H10N2O2. The van der Waals surface area contributed by atoms with Crippen LogP contribution in [-0.4, -0.2) is 24.2 Å². The Balaban J connectivity index is 4.32. The van der Waals surface area contributed by atoms with E-state index in [0.29, 0.717) is 6.42 Å². The van der Waals surface area contributed by atoms with Crippen molar-refractivity contribution in [3.63, 3.8) is 0 Å². The summed E-state index contributed by atoms with van der Waals surface area (Å²) in [6, 6.07) is 0. The molecular weight excluding hydrogens is 144 g/mol. The summed E-state index contributed by atoms with van der Waals surface area (Å²) in [6.45, 7) is 3.79. The lowest BCUT2D eigenvalue weighted by molar-refractivity contribution is 0.457. The summed E-state index contributed by atoms with van der Waals surface area (Å²) in [7, 11) is 0. The van der Waals surface area contributed by atoms with E-state index in [9.17, 15) is 9.59 Å². The fraction of sp³-hybridized carbons (Fsp3) is 0.714. The van der Waals surface area contributed by atoms with Gasteiger partial charge in [-0.3, -0.25) is 0 Å². The van der Waals surface area contributed by atoms with Crippen LogP contribution < -0.4 is 0 Å². The van der Waals surface area contributed by atoms with Crippen LogP contribution in [-0.2, 0) is 9.59 Å². The van der Waals surface area contributed by atoms with Gasteiger partial charge in [0.05, 0.1) is 12.1 Å². The number of nitrogens with zero attached hydrogens (tertiary/aromatic N) is 2. The van der Waals surface area contributed by atoms with E-state index in [1.807, 2.05) is 6.92 Å². The van der Waals surface area contributed by atoms with Crippen molar-refractivity contribution in [2.75, 3.05) is 6.54 Å². The lowest BCUT2D eigenvalue weighted by Crippen LogP contribution is -2.24. The molecule has 1 unspecified atom stereocenters. The zero-order valence-electron chi connectivity index (χ0n) is 6.63. The molecule has 0 saturated carbocycles. The van der Waals surface area contributed by atoms with E-state index in [1.54, 1.807) is 6.92 Å². The Kier molecular flexibility index (Phi) is 4.04. The van der Waals surface area contributed by atoms with Crippen LogP contribution in [0.2, 0.25) is 0 Å². The predicted molar refractivity (Wildman–Crippen MR) is 39.8 cm³/mol. The van der Waals surface area contributed by atoms with Crippen molar-refractivity contribution in [1.82, 2.24) is 0 Å². The molecule has 0 aliphatic carbocycles.